The quantitative estimate of drug-likeness (QED) is 0.264. The first-order chi connectivity index (χ1) is 12.7. The number of amidine groups is 1. The molecule has 1 heterocycles. The molecule has 0 radical (unpaired) electrons. The highest BCUT2D eigenvalue weighted by molar-refractivity contribution is 8.93. The first-order valence-corrected chi connectivity index (χ1v) is 9.79. The van der Waals surface area contributed by atoms with Gasteiger partial charge >= 0.3 is 0 Å². The van der Waals surface area contributed by atoms with Gasteiger partial charge in [0.1, 0.15) is 5.84 Å². The lowest BCUT2D eigenvalue weighted by molar-refractivity contribution is 0.322. The van der Waals surface area contributed by atoms with Gasteiger partial charge < -0.3 is 10.2 Å². The minimum atomic E-state index is 0. The Morgan fingerprint density at radius 2 is 1.64 bits per heavy atom. The number of anilines is 1. The molecule has 3 rings (SSSR count). The third-order valence-electron chi connectivity index (χ3n) is 4.29. The zero-order chi connectivity index (χ0) is 18.2. The summed E-state index contributed by atoms with van der Waals surface area (Å²) in [6.45, 7) is 2.08. The summed E-state index contributed by atoms with van der Waals surface area (Å²) in [5.74, 6) is 0.454. The first-order valence-electron chi connectivity index (χ1n) is 8.91. The van der Waals surface area contributed by atoms with Crippen LogP contribution in [0.5, 0.6) is 0 Å². The van der Waals surface area contributed by atoms with Crippen LogP contribution in [0.4, 0.5) is 5.69 Å². The standard InChI is InChI=1S/C22H25N3S.2BrH/c1-25(17-19-7-3-2-4-8-19)15-5-9-18-11-13-20(14-12-18)24-22(23)21-10-6-16-26-21;;/h2-4,6-8,10-14,16H,5,9,15,17H2,1H3,(H2,23,24);2*1H. The van der Waals surface area contributed by atoms with Crippen LogP contribution in [-0.2, 0) is 13.0 Å². The molecule has 28 heavy (non-hydrogen) atoms. The summed E-state index contributed by atoms with van der Waals surface area (Å²) in [4.78, 5) is 3.32. The largest absolute Gasteiger partial charge is 0.340 e. The van der Waals surface area contributed by atoms with Crippen molar-refractivity contribution in [3.8, 4) is 0 Å². The fourth-order valence-corrected chi connectivity index (χ4v) is 3.54. The highest BCUT2D eigenvalue weighted by Gasteiger charge is 2.04. The zero-order valence-corrected chi connectivity index (χ0v) is 20.2. The van der Waals surface area contributed by atoms with Crippen molar-refractivity contribution >= 4 is 56.8 Å². The fourth-order valence-electron chi connectivity index (χ4n) is 2.91. The van der Waals surface area contributed by atoms with Crippen LogP contribution >= 0.6 is 45.3 Å². The summed E-state index contributed by atoms with van der Waals surface area (Å²) in [5.41, 5.74) is 3.67. The molecule has 0 aliphatic rings. The molecule has 0 aliphatic carbocycles. The second kappa shape index (κ2) is 12.9. The average Bonchev–Trinajstić information content (AvgIpc) is 3.19. The van der Waals surface area contributed by atoms with Gasteiger partial charge in [-0.25, -0.2) is 0 Å². The minimum Gasteiger partial charge on any atom is -0.340 e. The number of aryl methyl sites for hydroxylation is 1. The van der Waals surface area contributed by atoms with E-state index in [1.54, 1.807) is 11.3 Å². The maximum absolute atomic E-state index is 8.08. The Morgan fingerprint density at radius 3 is 2.29 bits per heavy atom. The van der Waals surface area contributed by atoms with Gasteiger partial charge in [-0.15, -0.1) is 45.3 Å². The Balaban J connectivity index is 0.00000196. The van der Waals surface area contributed by atoms with Gasteiger partial charge in [0.2, 0.25) is 0 Å². The SMILES string of the molecule is Br.Br.CN(CCCc1ccc(NC(=N)c2cccs2)cc1)Cc1ccccc1. The third-order valence-corrected chi connectivity index (χ3v) is 5.18. The molecule has 0 aliphatic heterocycles. The van der Waals surface area contributed by atoms with E-state index in [9.17, 15) is 0 Å². The molecule has 0 saturated carbocycles. The highest BCUT2D eigenvalue weighted by Crippen LogP contribution is 2.15. The summed E-state index contributed by atoms with van der Waals surface area (Å²) in [5, 5.41) is 13.2. The van der Waals surface area contributed by atoms with Gasteiger partial charge in [0.15, 0.2) is 0 Å². The minimum absolute atomic E-state index is 0. The van der Waals surface area contributed by atoms with Gasteiger partial charge in [-0.05, 0) is 61.1 Å². The molecule has 3 nitrogen and oxygen atoms in total. The molecule has 0 fully saturated rings. The van der Waals surface area contributed by atoms with Crippen molar-refractivity contribution in [2.24, 2.45) is 0 Å². The number of thiophene rings is 1. The number of hydrogen-bond acceptors (Lipinski definition) is 3. The van der Waals surface area contributed by atoms with Crippen LogP contribution in [-0.4, -0.2) is 24.3 Å². The van der Waals surface area contributed by atoms with E-state index in [0.29, 0.717) is 5.84 Å². The van der Waals surface area contributed by atoms with Crippen molar-refractivity contribution in [1.82, 2.24) is 4.90 Å². The molecule has 0 atom stereocenters. The van der Waals surface area contributed by atoms with Crippen LogP contribution in [0.1, 0.15) is 22.4 Å². The van der Waals surface area contributed by atoms with E-state index >= 15 is 0 Å². The van der Waals surface area contributed by atoms with Gasteiger partial charge in [0, 0.05) is 12.2 Å². The lowest BCUT2D eigenvalue weighted by Crippen LogP contribution is -2.19. The molecular formula is C22H27Br2N3S. The molecule has 0 unspecified atom stereocenters. The van der Waals surface area contributed by atoms with Gasteiger partial charge in [0.25, 0.3) is 0 Å². The van der Waals surface area contributed by atoms with Crippen LogP contribution in [0.2, 0.25) is 0 Å². The van der Waals surface area contributed by atoms with E-state index in [0.717, 1.165) is 36.5 Å². The van der Waals surface area contributed by atoms with Gasteiger partial charge in [-0.2, -0.15) is 0 Å². The lowest BCUT2D eigenvalue weighted by Gasteiger charge is -2.16. The Hall–Kier alpha value is -1.47. The van der Waals surface area contributed by atoms with Crippen molar-refractivity contribution in [2.45, 2.75) is 19.4 Å². The summed E-state index contributed by atoms with van der Waals surface area (Å²) < 4.78 is 0. The van der Waals surface area contributed by atoms with Gasteiger partial charge in [-0.3, -0.25) is 5.41 Å². The van der Waals surface area contributed by atoms with E-state index in [1.165, 1.54) is 11.1 Å². The first kappa shape index (κ1) is 24.6. The molecule has 0 saturated heterocycles. The normalized spacial score (nSPS) is 10.1. The maximum Gasteiger partial charge on any atom is 0.140 e. The monoisotopic (exact) mass is 523 g/mol. The number of rotatable bonds is 8. The Labute approximate surface area is 192 Å². The average molecular weight is 525 g/mol. The third kappa shape index (κ3) is 7.87. The van der Waals surface area contributed by atoms with Crippen LogP contribution in [0.3, 0.4) is 0 Å². The molecule has 0 spiro atoms. The molecular weight excluding hydrogens is 498 g/mol. The summed E-state index contributed by atoms with van der Waals surface area (Å²) in [7, 11) is 2.18. The second-order valence-electron chi connectivity index (χ2n) is 6.50. The van der Waals surface area contributed by atoms with Crippen molar-refractivity contribution in [1.29, 1.82) is 5.41 Å². The second-order valence-corrected chi connectivity index (χ2v) is 7.45. The number of hydrogen-bond donors (Lipinski definition) is 2. The van der Waals surface area contributed by atoms with E-state index < -0.39 is 0 Å². The van der Waals surface area contributed by atoms with Crippen LogP contribution in [0.15, 0.2) is 72.1 Å². The van der Waals surface area contributed by atoms with E-state index in [1.807, 2.05) is 17.5 Å². The molecule has 1 aromatic heterocycles. The summed E-state index contributed by atoms with van der Waals surface area (Å²) in [6.07, 6.45) is 2.21. The number of nitrogens with one attached hydrogen (secondary N) is 2. The molecule has 2 N–H and O–H groups in total. The van der Waals surface area contributed by atoms with Crippen molar-refractivity contribution in [3.05, 3.63) is 88.1 Å². The molecule has 3 aromatic rings. The van der Waals surface area contributed by atoms with Crippen molar-refractivity contribution < 1.29 is 0 Å². The number of nitrogens with zero attached hydrogens (tertiary/aromatic N) is 1. The van der Waals surface area contributed by atoms with Crippen molar-refractivity contribution in [3.63, 3.8) is 0 Å². The molecule has 0 bridgehead atoms. The maximum atomic E-state index is 8.08. The van der Waals surface area contributed by atoms with Crippen molar-refractivity contribution in [2.75, 3.05) is 18.9 Å². The van der Waals surface area contributed by atoms with Crippen LogP contribution in [0.25, 0.3) is 0 Å². The van der Waals surface area contributed by atoms with Gasteiger partial charge in [0.05, 0.1) is 4.88 Å². The fraction of sp³-hybridized carbons (Fsp3) is 0.227. The van der Waals surface area contributed by atoms with E-state index in [2.05, 4.69) is 71.9 Å². The smallest absolute Gasteiger partial charge is 0.140 e. The molecule has 6 heteroatoms. The summed E-state index contributed by atoms with van der Waals surface area (Å²) >= 11 is 1.58. The van der Waals surface area contributed by atoms with Crippen LogP contribution in [0, 0.1) is 5.41 Å². The Bertz CT molecular complexity index is 806. The topological polar surface area (TPSA) is 39.1 Å². The Morgan fingerprint density at radius 1 is 0.929 bits per heavy atom. The molecule has 0 amide bonds. The number of halogens is 2. The van der Waals surface area contributed by atoms with E-state index in [4.69, 9.17) is 5.41 Å². The molecule has 150 valence electrons. The lowest BCUT2D eigenvalue weighted by atomic mass is 10.1. The Kier molecular flexibility index (Phi) is 11.3. The van der Waals surface area contributed by atoms with E-state index in [-0.39, 0.29) is 34.0 Å². The predicted molar refractivity (Wildman–Crippen MR) is 133 cm³/mol. The van der Waals surface area contributed by atoms with Gasteiger partial charge in [-0.1, -0.05) is 48.5 Å². The summed E-state index contributed by atoms with van der Waals surface area (Å²) in [6, 6.07) is 23.0. The number of benzene rings is 2. The zero-order valence-electron chi connectivity index (χ0n) is 15.9. The predicted octanol–water partition coefficient (Wildman–Crippen LogP) is 6.41. The highest BCUT2D eigenvalue weighted by atomic mass is 79.9. The van der Waals surface area contributed by atoms with Crippen LogP contribution < -0.4 is 5.32 Å². The molecule has 2 aromatic carbocycles.